The van der Waals surface area contributed by atoms with Crippen molar-refractivity contribution in [2.24, 2.45) is 0 Å². The summed E-state index contributed by atoms with van der Waals surface area (Å²) >= 11 is 0. The van der Waals surface area contributed by atoms with Crippen molar-refractivity contribution in [3.05, 3.63) is 23.3 Å². The molecule has 0 heterocycles. The average molecular weight is 276 g/mol. The van der Waals surface area contributed by atoms with Gasteiger partial charge in [-0.3, -0.25) is 4.79 Å². The van der Waals surface area contributed by atoms with Gasteiger partial charge in [0.15, 0.2) is 17.3 Å². The van der Waals surface area contributed by atoms with Gasteiger partial charge in [-0.1, -0.05) is 0 Å². The van der Waals surface area contributed by atoms with Crippen LogP contribution in [0, 0.1) is 0 Å². The van der Waals surface area contributed by atoms with Gasteiger partial charge >= 0.3 is 0 Å². The second-order valence-electron chi connectivity index (χ2n) is 4.76. The third kappa shape index (κ3) is 2.95. The molecule has 0 atom stereocenters. The van der Waals surface area contributed by atoms with Crippen molar-refractivity contribution in [3.8, 4) is 17.2 Å². The molecule has 1 aromatic rings. The zero-order valence-corrected chi connectivity index (χ0v) is 12.2. The van der Waals surface area contributed by atoms with E-state index in [4.69, 9.17) is 14.2 Å². The van der Waals surface area contributed by atoms with Gasteiger partial charge in [-0.2, -0.15) is 0 Å². The second kappa shape index (κ2) is 6.46. The molecule has 0 radical (unpaired) electrons. The largest absolute Gasteiger partial charge is 0.493 e. The van der Waals surface area contributed by atoms with Gasteiger partial charge in [0.25, 0.3) is 0 Å². The fourth-order valence-corrected chi connectivity index (χ4v) is 2.44. The Morgan fingerprint density at radius 1 is 0.950 bits per heavy atom. The van der Waals surface area contributed by atoms with Gasteiger partial charge in [-0.05, 0) is 48.6 Å². The fourth-order valence-electron chi connectivity index (χ4n) is 2.44. The van der Waals surface area contributed by atoms with Gasteiger partial charge < -0.3 is 14.2 Å². The van der Waals surface area contributed by atoms with Crippen LogP contribution in [-0.4, -0.2) is 27.1 Å². The predicted octanol–water partition coefficient (Wildman–Crippen LogP) is 3.24. The van der Waals surface area contributed by atoms with Crippen LogP contribution in [0.2, 0.25) is 0 Å². The van der Waals surface area contributed by atoms with E-state index >= 15 is 0 Å². The molecule has 0 aromatic heterocycles. The third-order valence-electron chi connectivity index (χ3n) is 3.49. The summed E-state index contributed by atoms with van der Waals surface area (Å²) in [5.41, 5.74) is 1.77. The Morgan fingerprint density at radius 3 is 2.05 bits per heavy atom. The lowest BCUT2D eigenvalue weighted by molar-refractivity contribution is -0.116. The molecular formula is C16H20O4. The molecule has 0 spiro atoms. The Labute approximate surface area is 119 Å². The average Bonchev–Trinajstić information content (AvgIpc) is 2.48. The molecule has 0 bridgehead atoms. The Balaban J connectivity index is 2.41. The molecule has 0 unspecified atom stereocenters. The molecular weight excluding hydrogens is 256 g/mol. The predicted molar refractivity (Wildman–Crippen MR) is 77.6 cm³/mol. The van der Waals surface area contributed by atoms with Crippen molar-refractivity contribution in [1.29, 1.82) is 0 Å². The van der Waals surface area contributed by atoms with Crippen molar-refractivity contribution < 1.29 is 19.0 Å². The molecule has 0 amide bonds. The Morgan fingerprint density at radius 2 is 1.55 bits per heavy atom. The number of ketones is 1. The maximum absolute atomic E-state index is 11.9. The summed E-state index contributed by atoms with van der Waals surface area (Å²) in [5, 5.41) is 0. The summed E-state index contributed by atoms with van der Waals surface area (Å²) in [6.07, 6.45) is 5.48. The lowest BCUT2D eigenvalue weighted by Gasteiger charge is -2.15. The first-order valence-corrected chi connectivity index (χ1v) is 6.73. The minimum atomic E-state index is 0.241. The van der Waals surface area contributed by atoms with Crippen LogP contribution in [0.3, 0.4) is 0 Å². The Bertz CT molecular complexity index is 506. The zero-order chi connectivity index (χ0) is 14.5. The van der Waals surface area contributed by atoms with Crippen LogP contribution in [0.1, 0.15) is 31.2 Å². The summed E-state index contributed by atoms with van der Waals surface area (Å²) in [7, 11) is 4.74. The number of hydrogen-bond acceptors (Lipinski definition) is 4. The summed E-state index contributed by atoms with van der Waals surface area (Å²) in [5.74, 6) is 2.00. The van der Waals surface area contributed by atoms with E-state index in [1.165, 1.54) is 0 Å². The molecule has 0 aliphatic heterocycles. The molecule has 20 heavy (non-hydrogen) atoms. The van der Waals surface area contributed by atoms with E-state index in [0.29, 0.717) is 23.7 Å². The quantitative estimate of drug-likeness (QED) is 0.792. The number of ether oxygens (including phenoxy) is 3. The summed E-state index contributed by atoms with van der Waals surface area (Å²) in [6, 6.07) is 3.71. The molecule has 0 saturated heterocycles. The number of benzene rings is 1. The van der Waals surface area contributed by atoms with Gasteiger partial charge in [0.2, 0.25) is 5.75 Å². The van der Waals surface area contributed by atoms with Gasteiger partial charge in [0.1, 0.15) is 0 Å². The van der Waals surface area contributed by atoms with Crippen molar-refractivity contribution in [2.75, 3.05) is 21.3 Å². The number of rotatable bonds is 4. The van der Waals surface area contributed by atoms with E-state index in [1.807, 2.05) is 18.2 Å². The first-order chi connectivity index (χ1) is 9.69. The maximum Gasteiger partial charge on any atom is 0.203 e. The van der Waals surface area contributed by atoms with Crippen LogP contribution in [0.5, 0.6) is 17.2 Å². The van der Waals surface area contributed by atoms with Crippen LogP contribution in [0.4, 0.5) is 0 Å². The topological polar surface area (TPSA) is 44.8 Å². The standard InChI is InChI=1S/C16H20O4/c1-18-14-9-11(10-15(19-2)16(14)20-3)8-12-6-4-5-7-13(12)17/h8-10H,4-7H2,1-3H3/b12-8+. The van der Waals surface area contributed by atoms with Crippen LogP contribution in [-0.2, 0) is 4.79 Å². The van der Waals surface area contributed by atoms with Gasteiger partial charge in [-0.25, -0.2) is 0 Å². The SMILES string of the molecule is COc1cc(/C=C2\CCCCC2=O)cc(OC)c1OC. The van der Waals surface area contributed by atoms with E-state index in [2.05, 4.69) is 0 Å². The zero-order valence-electron chi connectivity index (χ0n) is 12.2. The second-order valence-corrected chi connectivity index (χ2v) is 4.76. The first kappa shape index (κ1) is 14.4. The molecule has 1 aliphatic rings. The highest BCUT2D eigenvalue weighted by Crippen LogP contribution is 2.39. The monoisotopic (exact) mass is 276 g/mol. The lowest BCUT2D eigenvalue weighted by Crippen LogP contribution is -2.08. The molecule has 1 fully saturated rings. The minimum Gasteiger partial charge on any atom is -0.493 e. The van der Waals surface area contributed by atoms with E-state index in [1.54, 1.807) is 21.3 Å². The molecule has 1 aliphatic carbocycles. The van der Waals surface area contributed by atoms with E-state index < -0.39 is 0 Å². The van der Waals surface area contributed by atoms with E-state index in [0.717, 1.165) is 30.4 Å². The van der Waals surface area contributed by atoms with Gasteiger partial charge in [0, 0.05) is 6.42 Å². The normalized spacial score (nSPS) is 17.1. The van der Waals surface area contributed by atoms with Gasteiger partial charge in [-0.15, -0.1) is 0 Å². The third-order valence-corrected chi connectivity index (χ3v) is 3.49. The summed E-state index contributed by atoms with van der Waals surface area (Å²) in [4.78, 5) is 11.9. The van der Waals surface area contributed by atoms with E-state index in [-0.39, 0.29) is 5.78 Å². The number of carbonyl (C=O) groups is 1. The number of Topliss-reactive ketones (excluding diaryl/α,β-unsaturated/α-hetero) is 1. The lowest BCUT2D eigenvalue weighted by atomic mass is 9.92. The van der Waals surface area contributed by atoms with Gasteiger partial charge in [0.05, 0.1) is 21.3 Å². The number of hydrogen-bond donors (Lipinski definition) is 0. The van der Waals surface area contributed by atoms with Crippen molar-refractivity contribution in [1.82, 2.24) is 0 Å². The van der Waals surface area contributed by atoms with Crippen molar-refractivity contribution in [3.63, 3.8) is 0 Å². The smallest absolute Gasteiger partial charge is 0.203 e. The van der Waals surface area contributed by atoms with E-state index in [9.17, 15) is 4.79 Å². The highest BCUT2D eigenvalue weighted by atomic mass is 16.5. The highest BCUT2D eigenvalue weighted by Gasteiger charge is 2.16. The molecule has 0 N–H and O–H groups in total. The number of allylic oxidation sites excluding steroid dienone is 1. The molecule has 1 saturated carbocycles. The highest BCUT2D eigenvalue weighted by molar-refractivity contribution is 6.00. The Kier molecular flexibility index (Phi) is 4.66. The summed E-state index contributed by atoms with van der Waals surface area (Å²) in [6.45, 7) is 0. The molecule has 2 rings (SSSR count). The van der Waals surface area contributed by atoms with Crippen molar-refractivity contribution in [2.45, 2.75) is 25.7 Å². The fraction of sp³-hybridized carbons (Fsp3) is 0.438. The van der Waals surface area contributed by atoms with Crippen LogP contribution in [0.15, 0.2) is 17.7 Å². The molecule has 108 valence electrons. The van der Waals surface area contributed by atoms with Crippen molar-refractivity contribution >= 4 is 11.9 Å². The minimum absolute atomic E-state index is 0.241. The number of methoxy groups -OCH3 is 3. The Hall–Kier alpha value is -1.97. The van der Waals surface area contributed by atoms with Crippen LogP contribution in [0.25, 0.3) is 6.08 Å². The number of carbonyl (C=O) groups excluding carboxylic acids is 1. The van der Waals surface area contributed by atoms with Crippen LogP contribution < -0.4 is 14.2 Å². The molecule has 4 heteroatoms. The summed E-state index contributed by atoms with van der Waals surface area (Å²) < 4.78 is 15.9. The first-order valence-electron chi connectivity index (χ1n) is 6.73. The molecule has 1 aromatic carbocycles. The molecule has 4 nitrogen and oxygen atoms in total. The maximum atomic E-state index is 11.9. The van der Waals surface area contributed by atoms with Crippen LogP contribution >= 0.6 is 0 Å².